The lowest BCUT2D eigenvalue weighted by Gasteiger charge is -2.27. The number of aromatic nitrogens is 4. The highest BCUT2D eigenvalue weighted by Gasteiger charge is 2.32. The zero-order chi connectivity index (χ0) is 28.4. The number of carbonyl (C=O) groups is 4. The Labute approximate surface area is 225 Å². The number of nitrogens with zero attached hydrogens (tertiary/aromatic N) is 2. The molecule has 0 aliphatic carbocycles. The number of carbonyl (C=O) groups excluding carboxylic acids is 3. The van der Waals surface area contributed by atoms with E-state index in [2.05, 4.69) is 35.9 Å². The van der Waals surface area contributed by atoms with E-state index < -0.39 is 47.9 Å². The van der Waals surface area contributed by atoms with E-state index >= 15 is 0 Å². The lowest BCUT2D eigenvalue weighted by molar-refractivity contribution is -0.142. The molecule has 1 aromatic carbocycles. The van der Waals surface area contributed by atoms with Gasteiger partial charge in [-0.05, 0) is 17.9 Å². The van der Waals surface area contributed by atoms with Crippen LogP contribution >= 0.6 is 0 Å². The molecule has 13 nitrogen and oxygen atoms in total. The number of hydrogen-bond donors (Lipinski definition) is 7. The Morgan fingerprint density at radius 1 is 0.821 bits per heavy atom. The van der Waals surface area contributed by atoms with Gasteiger partial charge in [-0.1, -0.05) is 44.2 Å². The predicted octanol–water partition coefficient (Wildman–Crippen LogP) is -0.317. The van der Waals surface area contributed by atoms with Crippen LogP contribution < -0.4 is 21.7 Å². The van der Waals surface area contributed by atoms with Gasteiger partial charge in [0, 0.05) is 36.6 Å². The summed E-state index contributed by atoms with van der Waals surface area (Å²) in [6.45, 7) is 3.43. The number of carboxylic acids is 1. The van der Waals surface area contributed by atoms with Crippen molar-refractivity contribution >= 4 is 23.7 Å². The van der Waals surface area contributed by atoms with Crippen LogP contribution in [0.1, 0.15) is 30.8 Å². The van der Waals surface area contributed by atoms with Gasteiger partial charge >= 0.3 is 5.97 Å². The smallest absolute Gasteiger partial charge is 0.326 e. The minimum Gasteiger partial charge on any atom is -0.480 e. The van der Waals surface area contributed by atoms with E-state index in [9.17, 15) is 24.3 Å². The minimum absolute atomic E-state index is 0.0162. The van der Waals surface area contributed by atoms with E-state index in [-0.39, 0.29) is 25.2 Å². The minimum atomic E-state index is -1.24. The molecule has 0 fully saturated rings. The fraction of sp³-hybridized carbons (Fsp3) is 0.385. The molecule has 3 amide bonds. The molecule has 0 aliphatic rings. The van der Waals surface area contributed by atoms with Crippen molar-refractivity contribution in [1.82, 2.24) is 35.9 Å². The number of H-pyrrole nitrogens is 2. The predicted molar refractivity (Wildman–Crippen MR) is 141 cm³/mol. The van der Waals surface area contributed by atoms with Crippen LogP contribution in [0.5, 0.6) is 0 Å². The Balaban J connectivity index is 1.70. The standard InChI is InChI=1S/C26H34N8O5/c1-15(2)22(25(37)33-21(26(38)39)10-18-12-29-14-31-18)34-24(36)20(9-17-11-28-13-30-17)32-23(35)19(27)8-16-6-4-3-5-7-16/h3-7,11-15,19-22H,8-10,27H2,1-2H3,(H,28,30)(H,29,31)(H,32,35)(H,33,37)(H,34,36)(H,38,39). The van der Waals surface area contributed by atoms with Crippen LogP contribution in [0.15, 0.2) is 55.4 Å². The Bertz CT molecular complexity index is 1210. The van der Waals surface area contributed by atoms with E-state index in [0.717, 1.165) is 5.56 Å². The second-order valence-corrected chi connectivity index (χ2v) is 9.55. The zero-order valence-electron chi connectivity index (χ0n) is 21.8. The van der Waals surface area contributed by atoms with Crippen LogP contribution in [-0.2, 0) is 38.4 Å². The summed E-state index contributed by atoms with van der Waals surface area (Å²) in [6.07, 6.45) is 6.17. The fourth-order valence-electron chi connectivity index (χ4n) is 3.93. The first-order valence-corrected chi connectivity index (χ1v) is 12.5. The first-order chi connectivity index (χ1) is 18.6. The largest absolute Gasteiger partial charge is 0.480 e. The molecule has 3 rings (SSSR count). The first-order valence-electron chi connectivity index (χ1n) is 12.5. The third-order valence-electron chi connectivity index (χ3n) is 6.09. The van der Waals surface area contributed by atoms with E-state index in [1.165, 1.54) is 25.0 Å². The quantitative estimate of drug-likeness (QED) is 0.144. The van der Waals surface area contributed by atoms with Crippen LogP contribution in [0.2, 0.25) is 0 Å². The van der Waals surface area contributed by atoms with Crippen LogP contribution in [-0.4, -0.2) is 72.9 Å². The van der Waals surface area contributed by atoms with Gasteiger partial charge in [-0.25, -0.2) is 14.8 Å². The van der Waals surface area contributed by atoms with Crippen molar-refractivity contribution in [1.29, 1.82) is 0 Å². The fourth-order valence-corrected chi connectivity index (χ4v) is 3.93. The molecular weight excluding hydrogens is 504 g/mol. The number of benzene rings is 1. The normalized spacial score (nSPS) is 14.2. The summed E-state index contributed by atoms with van der Waals surface area (Å²) < 4.78 is 0. The van der Waals surface area contributed by atoms with Crippen molar-refractivity contribution in [2.75, 3.05) is 0 Å². The summed E-state index contributed by atoms with van der Waals surface area (Å²) in [5, 5.41) is 17.5. The van der Waals surface area contributed by atoms with Gasteiger partial charge in [0.15, 0.2) is 0 Å². The molecule has 8 N–H and O–H groups in total. The molecule has 0 spiro atoms. The third kappa shape index (κ3) is 8.78. The van der Waals surface area contributed by atoms with E-state index in [1.807, 2.05) is 30.3 Å². The Hall–Kier alpha value is -4.52. The van der Waals surface area contributed by atoms with Gasteiger partial charge in [0.25, 0.3) is 0 Å². The summed E-state index contributed by atoms with van der Waals surface area (Å²) in [7, 11) is 0. The van der Waals surface area contributed by atoms with Gasteiger partial charge in [0.2, 0.25) is 17.7 Å². The maximum atomic E-state index is 13.4. The van der Waals surface area contributed by atoms with Crippen LogP contribution in [0.25, 0.3) is 0 Å². The molecule has 39 heavy (non-hydrogen) atoms. The first kappa shape index (κ1) is 29.0. The average Bonchev–Trinajstić information content (AvgIpc) is 3.61. The molecule has 2 heterocycles. The summed E-state index contributed by atoms with van der Waals surface area (Å²) in [5.74, 6) is -3.45. The van der Waals surface area contributed by atoms with Crippen molar-refractivity contribution in [3.05, 3.63) is 72.3 Å². The molecule has 4 atom stereocenters. The topological polar surface area (TPSA) is 208 Å². The molecule has 4 unspecified atom stereocenters. The Morgan fingerprint density at radius 2 is 1.38 bits per heavy atom. The number of amides is 3. The van der Waals surface area contributed by atoms with E-state index in [0.29, 0.717) is 11.4 Å². The van der Waals surface area contributed by atoms with E-state index in [4.69, 9.17) is 5.73 Å². The van der Waals surface area contributed by atoms with Gasteiger partial charge in [0.05, 0.1) is 18.7 Å². The highest BCUT2D eigenvalue weighted by Crippen LogP contribution is 2.08. The van der Waals surface area contributed by atoms with Gasteiger partial charge in [0.1, 0.15) is 18.1 Å². The van der Waals surface area contributed by atoms with Crippen molar-refractivity contribution in [2.45, 2.75) is 57.3 Å². The Kier molecular flexibility index (Phi) is 10.3. The summed E-state index contributed by atoms with van der Waals surface area (Å²) in [4.78, 5) is 64.7. The molecular formula is C26H34N8O5. The second-order valence-electron chi connectivity index (χ2n) is 9.55. The molecule has 3 aromatic rings. The summed E-state index contributed by atoms with van der Waals surface area (Å²) in [5.41, 5.74) is 8.10. The van der Waals surface area contributed by atoms with Gasteiger partial charge in [-0.3, -0.25) is 14.4 Å². The molecule has 13 heteroatoms. The van der Waals surface area contributed by atoms with Crippen molar-refractivity contribution in [2.24, 2.45) is 11.7 Å². The lowest BCUT2D eigenvalue weighted by atomic mass is 10.0. The average molecular weight is 539 g/mol. The number of hydrogen-bond acceptors (Lipinski definition) is 7. The molecule has 2 aromatic heterocycles. The molecule has 0 aliphatic heterocycles. The Morgan fingerprint density at radius 3 is 1.90 bits per heavy atom. The number of nitrogens with two attached hydrogens (primary N) is 1. The molecule has 0 saturated heterocycles. The number of imidazole rings is 2. The number of nitrogens with one attached hydrogen (secondary N) is 5. The molecule has 0 saturated carbocycles. The highest BCUT2D eigenvalue weighted by atomic mass is 16.4. The van der Waals surface area contributed by atoms with Gasteiger partial charge in [-0.15, -0.1) is 0 Å². The maximum absolute atomic E-state index is 13.4. The number of aliphatic carboxylic acids is 1. The van der Waals surface area contributed by atoms with Crippen molar-refractivity contribution < 1.29 is 24.3 Å². The van der Waals surface area contributed by atoms with Crippen molar-refractivity contribution in [3.8, 4) is 0 Å². The monoisotopic (exact) mass is 538 g/mol. The third-order valence-corrected chi connectivity index (χ3v) is 6.09. The molecule has 0 bridgehead atoms. The molecule has 208 valence electrons. The number of carboxylic acid groups (broad SMARTS) is 1. The number of rotatable bonds is 14. The highest BCUT2D eigenvalue weighted by molar-refractivity contribution is 5.94. The van der Waals surface area contributed by atoms with Crippen LogP contribution in [0, 0.1) is 5.92 Å². The molecule has 0 radical (unpaired) electrons. The zero-order valence-corrected chi connectivity index (χ0v) is 21.8. The SMILES string of the molecule is CC(C)C(NC(=O)C(Cc1cnc[nH]1)NC(=O)C(N)Cc1ccccc1)C(=O)NC(Cc1cnc[nH]1)C(=O)O. The van der Waals surface area contributed by atoms with E-state index in [1.54, 1.807) is 13.8 Å². The van der Waals surface area contributed by atoms with Crippen LogP contribution in [0.4, 0.5) is 0 Å². The summed E-state index contributed by atoms with van der Waals surface area (Å²) >= 11 is 0. The van der Waals surface area contributed by atoms with Crippen molar-refractivity contribution in [3.63, 3.8) is 0 Å². The number of aromatic amines is 2. The van der Waals surface area contributed by atoms with Gasteiger partial charge < -0.3 is 36.8 Å². The maximum Gasteiger partial charge on any atom is 0.326 e. The lowest BCUT2D eigenvalue weighted by Crippen LogP contribution is -2.59. The van der Waals surface area contributed by atoms with Crippen LogP contribution in [0.3, 0.4) is 0 Å². The summed E-state index contributed by atoms with van der Waals surface area (Å²) in [6, 6.07) is 4.95. The second kappa shape index (κ2) is 13.9. The van der Waals surface area contributed by atoms with Gasteiger partial charge in [-0.2, -0.15) is 0 Å².